The molecule has 38 heteroatoms. The van der Waals surface area contributed by atoms with Gasteiger partial charge in [-0.15, -0.1) is 0 Å². The van der Waals surface area contributed by atoms with E-state index in [0.29, 0.717) is 0 Å². The van der Waals surface area contributed by atoms with Crippen molar-refractivity contribution in [3.05, 3.63) is 12.3 Å². The lowest BCUT2D eigenvalue weighted by molar-refractivity contribution is -0.475. The van der Waals surface area contributed by atoms with Gasteiger partial charge in [0.1, 0.15) is 0 Å². The standard InChI is InChI=1S/C32H26F34O4/c33-17(34,19(37,38)21(41,42)23(45,46)25(49,50)27(53,54)29(57,58)31(61,62)63)14(10-8-6-4-2-1-3-5-7-9-13-70-16(69)12-11-15(67)68)18(35,36)20(39,40)22(43,44)24(47,48)26(51,52)28(55,56)30(59,60)32(64,65)66/h9,13-14H,1-8,10-12H2,(H,67,68). The molecule has 0 unspecified atom stereocenters. The molecule has 0 saturated heterocycles. The number of halogens is 34. The topological polar surface area (TPSA) is 63.6 Å². The van der Waals surface area contributed by atoms with Crippen LogP contribution in [0.25, 0.3) is 0 Å². The Morgan fingerprint density at radius 2 is 0.614 bits per heavy atom. The fourth-order valence-corrected chi connectivity index (χ4v) is 5.33. The van der Waals surface area contributed by atoms with Gasteiger partial charge >= 0.3 is 107 Å². The average Bonchev–Trinajstić information content (AvgIpc) is 3.16. The van der Waals surface area contributed by atoms with Crippen LogP contribution in [0.3, 0.4) is 0 Å². The van der Waals surface area contributed by atoms with Gasteiger partial charge in [0.15, 0.2) is 0 Å². The Morgan fingerprint density at radius 3 is 0.900 bits per heavy atom. The van der Waals surface area contributed by atoms with Gasteiger partial charge in [-0.1, -0.05) is 38.5 Å². The second kappa shape index (κ2) is 20.3. The summed E-state index contributed by atoms with van der Waals surface area (Å²) in [6.45, 7) is 0. The van der Waals surface area contributed by atoms with Crippen LogP contribution in [0.5, 0.6) is 0 Å². The van der Waals surface area contributed by atoms with Gasteiger partial charge in [-0.2, -0.15) is 149 Å². The third-order valence-electron chi connectivity index (χ3n) is 9.57. The highest BCUT2D eigenvalue weighted by atomic mass is 19.4. The first-order chi connectivity index (χ1) is 30.4. The van der Waals surface area contributed by atoms with Crippen molar-refractivity contribution < 1.29 is 169 Å². The first kappa shape index (κ1) is 66.3. The minimum absolute atomic E-state index is 0.0310. The van der Waals surface area contributed by atoms with E-state index in [4.69, 9.17) is 5.11 Å². The van der Waals surface area contributed by atoms with Crippen LogP contribution in [-0.2, 0) is 14.3 Å². The van der Waals surface area contributed by atoms with Crippen LogP contribution in [0.1, 0.15) is 70.6 Å². The molecule has 0 aromatic heterocycles. The van der Waals surface area contributed by atoms with Gasteiger partial charge in [0, 0.05) is 0 Å². The number of carboxylic acid groups (broad SMARTS) is 1. The van der Waals surface area contributed by atoms with Crippen molar-refractivity contribution >= 4 is 11.9 Å². The van der Waals surface area contributed by atoms with Crippen LogP contribution in [0.2, 0.25) is 0 Å². The molecule has 1 N–H and O–H groups in total. The van der Waals surface area contributed by atoms with Crippen molar-refractivity contribution in [2.45, 2.75) is 166 Å². The number of carbonyl (C=O) groups is 2. The number of rotatable bonds is 28. The maximum Gasteiger partial charge on any atom is 0.460 e. The van der Waals surface area contributed by atoms with Gasteiger partial charge in [0.25, 0.3) is 0 Å². The lowest BCUT2D eigenvalue weighted by Gasteiger charge is -2.47. The second-order valence-electron chi connectivity index (χ2n) is 14.5. The average molecular weight is 1120 g/mol. The maximum atomic E-state index is 15.2. The minimum atomic E-state index is -9.73. The SMILES string of the molecule is O=C(O)CCC(=O)OC=CCCCCCCCCCC(C(F)(F)C(F)(F)C(F)(F)C(F)(F)C(F)(F)C(F)(F)C(F)(F)C(F)(F)F)C(F)(F)C(F)(F)C(F)(F)C(F)(F)C(F)(F)C(F)(F)C(F)(F)C(F)(F)F. The largest absolute Gasteiger partial charge is 0.481 e. The van der Waals surface area contributed by atoms with Gasteiger partial charge in [-0.3, -0.25) is 9.59 Å². The third-order valence-corrected chi connectivity index (χ3v) is 9.57. The van der Waals surface area contributed by atoms with Crippen LogP contribution in [0.4, 0.5) is 149 Å². The number of esters is 1. The van der Waals surface area contributed by atoms with Crippen LogP contribution < -0.4 is 0 Å². The number of carbonyl (C=O) groups excluding carboxylic acids is 1. The molecule has 0 bridgehead atoms. The summed E-state index contributed by atoms with van der Waals surface area (Å²) in [5.74, 6) is -141. The summed E-state index contributed by atoms with van der Waals surface area (Å²) in [7, 11) is 0. The van der Waals surface area contributed by atoms with E-state index in [-0.39, 0.29) is 25.7 Å². The van der Waals surface area contributed by atoms with E-state index >= 15 is 17.6 Å². The van der Waals surface area contributed by atoms with Crippen molar-refractivity contribution in [3.8, 4) is 0 Å². The van der Waals surface area contributed by atoms with Crippen LogP contribution in [0, 0.1) is 5.92 Å². The smallest absolute Gasteiger partial charge is 0.460 e. The van der Waals surface area contributed by atoms with E-state index in [1.54, 1.807) is 0 Å². The number of hydrogen-bond donors (Lipinski definition) is 1. The monoisotopic (exact) mass is 1120 g/mol. The van der Waals surface area contributed by atoms with Crippen molar-refractivity contribution in [1.29, 1.82) is 0 Å². The van der Waals surface area contributed by atoms with Crippen LogP contribution in [0.15, 0.2) is 12.3 Å². The molecule has 4 nitrogen and oxygen atoms in total. The molecule has 0 radical (unpaired) electrons. The summed E-state index contributed by atoms with van der Waals surface area (Å²) in [6.07, 6.45) is -24.9. The van der Waals surface area contributed by atoms with Gasteiger partial charge < -0.3 is 9.84 Å². The highest BCUT2D eigenvalue weighted by Gasteiger charge is 2.99. The first-order valence-corrected chi connectivity index (χ1v) is 17.9. The van der Waals surface area contributed by atoms with E-state index in [2.05, 4.69) is 4.74 Å². The lowest BCUT2D eigenvalue weighted by Crippen LogP contribution is -2.77. The molecular formula is C32H26F34O4. The minimum Gasteiger partial charge on any atom is -0.481 e. The molecule has 0 atom stereocenters. The summed E-state index contributed by atoms with van der Waals surface area (Å²) in [5.41, 5.74) is 0. The molecule has 0 spiro atoms. The van der Waals surface area contributed by atoms with Gasteiger partial charge in [0.05, 0.1) is 25.0 Å². The molecule has 70 heavy (non-hydrogen) atoms. The Labute approximate surface area is 365 Å². The van der Waals surface area contributed by atoms with E-state index in [1.807, 2.05) is 0 Å². The Morgan fingerprint density at radius 1 is 0.357 bits per heavy atom. The second-order valence-corrected chi connectivity index (χ2v) is 14.5. The third kappa shape index (κ3) is 10.8. The Hall–Kier alpha value is -3.70. The zero-order chi connectivity index (χ0) is 56.6. The molecular weight excluding hydrogens is 1090 g/mol. The number of ether oxygens (including phenoxy) is 1. The maximum absolute atomic E-state index is 15.2. The van der Waals surface area contributed by atoms with Crippen molar-refractivity contribution in [3.63, 3.8) is 0 Å². The molecule has 0 fully saturated rings. The summed E-state index contributed by atoms with van der Waals surface area (Å²) in [4.78, 5) is 21.6. The van der Waals surface area contributed by atoms with Gasteiger partial charge in [-0.05, 0) is 25.3 Å². The summed E-state index contributed by atoms with van der Waals surface area (Å²) in [6, 6.07) is 0. The molecule has 0 heterocycles. The molecule has 0 amide bonds. The Balaban J connectivity index is 7.46. The number of unbranched alkanes of at least 4 members (excludes halogenated alkanes) is 7. The predicted octanol–water partition coefficient (Wildman–Crippen LogP) is 15.1. The zero-order valence-corrected chi connectivity index (χ0v) is 33.0. The summed E-state index contributed by atoms with van der Waals surface area (Å²) >= 11 is 0. The molecule has 0 saturated carbocycles. The van der Waals surface area contributed by atoms with E-state index in [9.17, 15) is 141 Å². The predicted molar refractivity (Wildman–Crippen MR) is 159 cm³/mol. The number of hydrogen-bond acceptors (Lipinski definition) is 3. The van der Waals surface area contributed by atoms with Crippen molar-refractivity contribution in [2.75, 3.05) is 0 Å². The molecule has 0 aromatic rings. The fraction of sp³-hybridized carbons (Fsp3) is 0.875. The molecule has 0 aromatic carbocycles. The van der Waals surface area contributed by atoms with E-state index < -0.39 is 158 Å². The first-order valence-electron chi connectivity index (χ1n) is 17.9. The normalized spacial score (nSPS) is 15.9. The molecule has 416 valence electrons. The highest BCUT2D eigenvalue weighted by molar-refractivity contribution is 5.76. The molecule has 0 aliphatic rings. The molecule has 0 aliphatic heterocycles. The highest BCUT2D eigenvalue weighted by Crippen LogP contribution is 2.69. The summed E-state index contributed by atoms with van der Waals surface area (Å²) in [5, 5.41) is 8.43. The van der Waals surface area contributed by atoms with Gasteiger partial charge in [0.2, 0.25) is 0 Å². The number of allylic oxidation sites excluding steroid dienone is 1. The zero-order valence-electron chi connectivity index (χ0n) is 33.0. The van der Waals surface area contributed by atoms with Crippen LogP contribution >= 0.6 is 0 Å². The van der Waals surface area contributed by atoms with Crippen molar-refractivity contribution in [2.24, 2.45) is 5.92 Å². The molecule has 0 rings (SSSR count). The van der Waals surface area contributed by atoms with E-state index in [1.165, 1.54) is 0 Å². The Bertz CT molecular complexity index is 1700. The van der Waals surface area contributed by atoms with Gasteiger partial charge in [-0.25, -0.2) is 0 Å². The van der Waals surface area contributed by atoms with Crippen molar-refractivity contribution in [1.82, 2.24) is 0 Å². The number of carboxylic acids is 1. The van der Waals surface area contributed by atoms with E-state index in [0.717, 1.165) is 12.3 Å². The number of aliphatic carboxylic acids is 1. The van der Waals surface area contributed by atoms with Crippen LogP contribution in [-0.4, -0.2) is 112 Å². The fourth-order valence-electron chi connectivity index (χ4n) is 5.33. The molecule has 0 aliphatic carbocycles. The number of alkyl halides is 34. The summed E-state index contributed by atoms with van der Waals surface area (Å²) < 4.78 is 476. The lowest BCUT2D eigenvalue weighted by atomic mass is 9.76. The quantitative estimate of drug-likeness (QED) is 0.0367. The Kier molecular flexibility index (Phi) is 19.2.